The molecule has 0 aliphatic carbocycles. The van der Waals surface area contributed by atoms with Crippen LogP contribution in [-0.2, 0) is 6.42 Å². The summed E-state index contributed by atoms with van der Waals surface area (Å²) in [6.07, 6.45) is 1.01. The molecule has 1 saturated heterocycles. The van der Waals surface area contributed by atoms with Gasteiger partial charge in [0, 0.05) is 31.0 Å². The Hall–Kier alpha value is -0.610. The summed E-state index contributed by atoms with van der Waals surface area (Å²) in [5.74, 6) is 0.467. The van der Waals surface area contributed by atoms with Crippen LogP contribution in [0.25, 0.3) is 0 Å². The maximum absolute atomic E-state index is 8.86. The standard InChI is InChI=1S/C9H14N2OS/c1-2-8-6-13-9(10-8)11-3-7(4-11)5-12/h6-7,12H,2-5H2,1H3. The summed E-state index contributed by atoms with van der Waals surface area (Å²) < 4.78 is 0. The highest BCUT2D eigenvalue weighted by Crippen LogP contribution is 2.27. The number of aromatic nitrogens is 1. The van der Waals surface area contributed by atoms with Gasteiger partial charge in [0.2, 0.25) is 0 Å². The van der Waals surface area contributed by atoms with Crippen molar-refractivity contribution in [1.29, 1.82) is 0 Å². The van der Waals surface area contributed by atoms with Crippen LogP contribution in [0.4, 0.5) is 5.13 Å². The Bertz CT molecular complexity index is 281. The first-order valence-corrected chi connectivity index (χ1v) is 5.51. The minimum atomic E-state index is 0.308. The van der Waals surface area contributed by atoms with E-state index in [1.807, 2.05) is 0 Å². The van der Waals surface area contributed by atoms with Crippen molar-refractivity contribution in [3.63, 3.8) is 0 Å². The van der Waals surface area contributed by atoms with E-state index in [1.165, 1.54) is 5.69 Å². The van der Waals surface area contributed by atoms with Gasteiger partial charge in [0.1, 0.15) is 0 Å². The topological polar surface area (TPSA) is 36.4 Å². The molecule has 0 spiro atoms. The van der Waals surface area contributed by atoms with Crippen molar-refractivity contribution < 1.29 is 5.11 Å². The molecule has 0 bridgehead atoms. The van der Waals surface area contributed by atoms with Crippen LogP contribution in [0.1, 0.15) is 12.6 Å². The first kappa shape index (κ1) is 8.97. The van der Waals surface area contributed by atoms with Gasteiger partial charge in [0.25, 0.3) is 0 Å². The van der Waals surface area contributed by atoms with E-state index in [9.17, 15) is 0 Å². The number of aliphatic hydroxyl groups is 1. The Labute approximate surface area is 82.0 Å². The van der Waals surface area contributed by atoms with Crippen LogP contribution in [0, 0.1) is 5.92 Å². The number of aryl methyl sites for hydroxylation is 1. The Kier molecular flexibility index (Phi) is 2.51. The lowest BCUT2D eigenvalue weighted by Gasteiger charge is -2.37. The van der Waals surface area contributed by atoms with Crippen LogP contribution in [0.15, 0.2) is 5.38 Å². The predicted octanol–water partition coefficient (Wildman–Crippen LogP) is 1.13. The number of rotatable bonds is 3. The van der Waals surface area contributed by atoms with Gasteiger partial charge in [0.05, 0.1) is 5.69 Å². The second-order valence-corrected chi connectivity index (χ2v) is 4.27. The van der Waals surface area contributed by atoms with E-state index in [2.05, 4.69) is 22.2 Å². The fourth-order valence-electron chi connectivity index (χ4n) is 1.45. The fourth-order valence-corrected chi connectivity index (χ4v) is 2.37. The van der Waals surface area contributed by atoms with Crippen molar-refractivity contribution in [3.05, 3.63) is 11.1 Å². The lowest BCUT2D eigenvalue weighted by atomic mass is 10.0. The van der Waals surface area contributed by atoms with Gasteiger partial charge >= 0.3 is 0 Å². The normalized spacial score (nSPS) is 17.5. The van der Waals surface area contributed by atoms with Crippen molar-refractivity contribution in [3.8, 4) is 0 Å². The monoisotopic (exact) mass is 198 g/mol. The zero-order valence-electron chi connectivity index (χ0n) is 7.73. The van der Waals surface area contributed by atoms with E-state index in [0.717, 1.165) is 24.6 Å². The summed E-state index contributed by atoms with van der Waals surface area (Å²) in [5, 5.41) is 12.1. The highest BCUT2D eigenvalue weighted by molar-refractivity contribution is 7.13. The third-order valence-electron chi connectivity index (χ3n) is 2.39. The minimum absolute atomic E-state index is 0.308. The predicted molar refractivity (Wildman–Crippen MR) is 54.3 cm³/mol. The number of hydrogen-bond donors (Lipinski definition) is 1. The smallest absolute Gasteiger partial charge is 0.185 e. The van der Waals surface area contributed by atoms with Crippen molar-refractivity contribution in [1.82, 2.24) is 4.98 Å². The van der Waals surface area contributed by atoms with E-state index in [0.29, 0.717) is 12.5 Å². The maximum atomic E-state index is 8.86. The molecule has 1 aliphatic rings. The second kappa shape index (κ2) is 3.64. The van der Waals surface area contributed by atoms with E-state index >= 15 is 0 Å². The second-order valence-electron chi connectivity index (χ2n) is 3.43. The number of nitrogens with zero attached hydrogens (tertiary/aromatic N) is 2. The van der Waals surface area contributed by atoms with Gasteiger partial charge in [-0.15, -0.1) is 11.3 Å². The van der Waals surface area contributed by atoms with Gasteiger partial charge in [-0.1, -0.05) is 6.92 Å². The molecule has 3 nitrogen and oxygen atoms in total. The average Bonchev–Trinajstić information content (AvgIpc) is 2.51. The van der Waals surface area contributed by atoms with E-state index < -0.39 is 0 Å². The SMILES string of the molecule is CCc1csc(N2CC(CO)C2)n1. The van der Waals surface area contributed by atoms with E-state index in [-0.39, 0.29) is 0 Å². The van der Waals surface area contributed by atoms with Gasteiger partial charge in [-0.3, -0.25) is 0 Å². The molecule has 1 N–H and O–H groups in total. The van der Waals surface area contributed by atoms with Crippen molar-refractivity contribution >= 4 is 16.5 Å². The summed E-state index contributed by atoms with van der Waals surface area (Å²) in [5.41, 5.74) is 1.17. The van der Waals surface area contributed by atoms with Gasteiger partial charge in [-0.05, 0) is 6.42 Å². The van der Waals surface area contributed by atoms with Gasteiger partial charge in [-0.25, -0.2) is 4.98 Å². The van der Waals surface area contributed by atoms with Gasteiger partial charge in [-0.2, -0.15) is 0 Å². The van der Waals surface area contributed by atoms with Gasteiger partial charge in [0.15, 0.2) is 5.13 Å². The third-order valence-corrected chi connectivity index (χ3v) is 3.34. The highest BCUT2D eigenvalue weighted by Gasteiger charge is 2.27. The average molecular weight is 198 g/mol. The Balaban J connectivity index is 1.95. The van der Waals surface area contributed by atoms with Crippen molar-refractivity contribution in [2.75, 3.05) is 24.6 Å². The minimum Gasteiger partial charge on any atom is -0.396 e. The zero-order valence-corrected chi connectivity index (χ0v) is 8.55. The molecule has 1 aromatic heterocycles. The number of anilines is 1. The fraction of sp³-hybridized carbons (Fsp3) is 0.667. The molecule has 13 heavy (non-hydrogen) atoms. The van der Waals surface area contributed by atoms with E-state index in [4.69, 9.17) is 5.11 Å². The first-order valence-electron chi connectivity index (χ1n) is 4.63. The molecule has 0 aromatic carbocycles. The molecule has 0 atom stereocenters. The molecule has 0 amide bonds. The first-order chi connectivity index (χ1) is 6.33. The largest absolute Gasteiger partial charge is 0.396 e. The molecular weight excluding hydrogens is 184 g/mol. The van der Waals surface area contributed by atoms with Crippen LogP contribution in [0.5, 0.6) is 0 Å². The quantitative estimate of drug-likeness (QED) is 0.791. The molecule has 1 aliphatic heterocycles. The summed E-state index contributed by atoms with van der Waals surface area (Å²) >= 11 is 1.70. The van der Waals surface area contributed by atoms with Crippen LogP contribution >= 0.6 is 11.3 Å². The highest BCUT2D eigenvalue weighted by atomic mass is 32.1. The Morgan fingerprint density at radius 1 is 1.69 bits per heavy atom. The molecule has 4 heteroatoms. The number of hydrogen-bond acceptors (Lipinski definition) is 4. The number of aliphatic hydroxyl groups excluding tert-OH is 1. The molecule has 1 fully saturated rings. The Morgan fingerprint density at radius 2 is 2.46 bits per heavy atom. The lowest BCUT2D eigenvalue weighted by molar-refractivity contribution is 0.200. The molecule has 2 heterocycles. The van der Waals surface area contributed by atoms with Crippen LogP contribution in [0.3, 0.4) is 0 Å². The van der Waals surface area contributed by atoms with Crippen molar-refractivity contribution in [2.45, 2.75) is 13.3 Å². The molecule has 0 radical (unpaired) electrons. The maximum Gasteiger partial charge on any atom is 0.185 e. The summed E-state index contributed by atoms with van der Waals surface area (Å²) in [6, 6.07) is 0. The lowest BCUT2D eigenvalue weighted by Crippen LogP contribution is -2.48. The van der Waals surface area contributed by atoms with Gasteiger partial charge < -0.3 is 10.0 Å². The molecule has 1 aromatic rings. The van der Waals surface area contributed by atoms with Crippen molar-refractivity contribution in [2.24, 2.45) is 5.92 Å². The molecule has 0 unspecified atom stereocenters. The van der Waals surface area contributed by atoms with Crippen LogP contribution in [-0.4, -0.2) is 29.8 Å². The molecule has 2 rings (SSSR count). The summed E-state index contributed by atoms with van der Waals surface area (Å²) in [4.78, 5) is 6.71. The van der Waals surface area contributed by atoms with Crippen LogP contribution in [0.2, 0.25) is 0 Å². The van der Waals surface area contributed by atoms with Crippen LogP contribution < -0.4 is 4.90 Å². The Morgan fingerprint density at radius 3 is 3.00 bits per heavy atom. The number of thiazole rings is 1. The third kappa shape index (κ3) is 1.69. The van der Waals surface area contributed by atoms with E-state index in [1.54, 1.807) is 11.3 Å². The zero-order chi connectivity index (χ0) is 9.26. The summed E-state index contributed by atoms with van der Waals surface area (Å²) in [6.45, 7) is 4.36. The molecule has 72 valence electrons. The summed E-state index contributed by atoms with van der Waals surface area (Å²) in [7, 11) is 0. The molecule has 0 saturated carbocycles. The molecular formula is C9H14N2OS.